The number of nitrogens with zero attached hydrogens (tertiary/aromatic N) is 2. The third-order valence-electron chi connectivity index (χ3n) is 7.20. The van der Waals surface area contributed by atoms with Gasteiger partial charge in [0, 0.05) is 61.6 Å². The van der Waals surface area contributed by atoms with E-state index < -0.39 is 16.1 Å². The average Bonchev–Trinajstić information content (AvgIpc) is 3.43. The molecule has 5 N–H and O–H groups in total. The first-order chi connectivity index (χ1) is 17.2. The third kappa shape index (κ3) is 4.86. The summed E-state index contributed by atoms with van der Waals surface area (Å²) >= 11 is 0. The average molecular weight is 511 g/mol. The van der Waals surface area contributed by atoms with Crippen molar-refractivity contribution >= 4 is 32.5 Å². The lowest BCUT2D eigenvalue weighted by atomic mass is 10.1. The maximum absolute atomic E-state index is 13.1. The largest absolute Gasteiger partial charge is 0.380 e. The zero-order valence-corrected chi connectivity index (χ0v) is 21.5. The van der Waals surface area contributed by atoms with E-state index in [9.17, 15) is 13.2 Å². The van der Waals surface area contributed by atoms with Crippen molar-refractivity contribution in [2.24, 2.45) is 5.73 Å². The maximum Gasteiger partial charge on any atom is 0.243 e. The van der Waals surface area contributed by atoms with E-state index in [-0.39, 0.29) is 16.8 Å². The number of hydrogen-bond donors (Lipinski definition) is 4. The van der Waals surface area contributed by atoms with Gasteiger partial charge in [-0.1, -0.05) is 12.1 Å². The Balaban J connectivity index is 1.27. The number of aryl methyl sites for hydroxylation is 1. The quantitative estimate of drug-likeness (QED) is 0.368. The number of fused-ring (bicyclic) bond motifs is 1. The summed E-state index contributed by atoms with van der Waals surface area (Å²) in [5, 5.41) is 10.5. The first-order valence-electron chi connectivity index (χ1n) is 12.4. The molecule has 0 saturated carbocycles. The van der Waals surface area contributed by atoms with E-state index in [2.05, 4.69) is 16.0 Å². The van der Waals surface area contributed by atoms with Gasteiger partial charge in [0.05, 0.1) is 10.9 Å². The highest BCUT2D eigenvalue weighted by Crippen LogP contribution is 2.29. The number of nitrogens with two attached hydrogens (primary N) is 1. The van der Waals surface area contributed by atoms with Gasteiger partial charge in [0.1, 0.15) is 6.04 Å². The molecule has 10 heteroatoms. The van der Waals surface area contributed by atoms with Gasteiger partial charge in [0.15, 0.2) is 0 Å². The number of carbonyl (C=O) groups excluding carboxylic acids is 1. The highest BCUT2D eigenvalue weighted by Gasteiger charge is 2.31. The van der Waals surface area contributed by atoms with Crippen molar-refractivity contribution in [2.45, 2.75) is 49.8 Å². The first-order valence-corrected chi connectivity index (χ1v) is 13.9. The number of nitrogens with one attached hydrogen (secondary N) is 3. The smallest absolute Gasteiger partial charge is 0.243 e. The van der Waals surface area contributed by atoms with E-state index in [1.807, 2.05) is 48.9 Å². The summed E-state index contributed by atoms with van der Waals surface area (Å²) in [5.74, 6) is -0.0996. The van der Waals surface area contributed by atoms with Crippen LogP contribution in [0.2, 0.25) is 0 Å². The van der Waals surface area contributed by atoms with Crippen LogP contribution in [0.4, 0.5) is 5.69 Å². The minimum atomic E-state index is -3.60. The minimum absolute atomic E-state index is 0.0996. The zero-order chi connectivity index (χ0) is 25.4. The number of benzene rings is 2. The van der Waals surface area contributed by atoms with Gasteiger partial charge in [0.2, 0.25) is 15.9 Å². The van der Waals surface area contributed by atoms with Gasteiger partial charge >= 0.3 is 0 Å². The number of amides is 1. The van der Waals surface area contributed by atoms with E-state index in [1.54, 1.807) is 18.2 Å². The summed E-state index contributed by atoms with van der Waals surface area (Å²) in [4.78, 5) is 13.3. The molecule has 9 nitrogen and oxygen atoms in total. The van der Waals surface area contributed by atoms with Crippen LogP contribution in [-0.2, 0) is 21.4 Å². The van der Waals surface area contributed by atoms with E-state index in [4.69, 9.17) is 5.73 Å². The summed E-state index contributed by atoms with van der Waals surface area (Å²) in [6, 6.07) is 13.1. The lowest BCUT2D eigenvalue weighted by molar-refractivity contribution is -0.123. The number of aromatic nitrogens is 1. The number of sulfonamides is 1. The molecule has 5 rings (SSSR count). The Kier molecular flexibility index (Phi) is 6.78. The van der Waals surface area contributed by atoms with Crippen LogP contribution in [0.15, 0.2) is 53.6 Å². The predicted molar refractivity (Wildman–Crippen MR) is 141 cm³/mol. The van der Waals surface area contributed by atoms with Crippen LogP contribution in [0.1, 0.15) is 30.5 Å². The van der Waals surface area contributed by atoms with E-state index in [0.717, 1.165) is 40.8 Å². The molecule has 2 saturated heterocycles. The minimum Gasteiger partial charge on any atom is -0.380 e. The summed E-state index contributed by atoms with van der Waals surface area (Å²) in [6.45, 7) is 6.96. The normalized spacial score (nSPS) is 19.8. The topological polar surface area (TPSA) is 121 Å². The fourth-order valence-electron chi connectivity index (χ4n) is 4.81. The highest BCUT2D eigenvalue weighted by molar-refractivity contribution is 7.89. The molecule has 2 aliphatic rings. The van der Waals surface area contributed by atoms with Crippen molar-refractivity contribution in [3.05, 3.63) is 59.8 Å². The molecule has 192 valence electrons. The molecule has 0 spiro atoms. The molecule has 2 aromatic carbocycles. The van der Waals surface area contributed by atoms with Gasteiger partial charge in [0.25, 0.3) is 0 Å². The maximum atomic E-state index is 13.1. The summed E-state index contributed by atoms with van der Waals surface area (Å²) in [6.07, 6.45) is 2.58. The Morgan fingerprint density at radius 2 is 1.94 bits per heavy atom. The summed E-state index contributed by atoms with van der Waals surface area (Å²) < 4.78 is 29.5. The Labute approximate surface area is 212 Å². The Morgan fingerprint density at radius 1 is 1.19 bits per heavy atom. The second-order valence-electron chi connectivity index (χ2n) is 9.90. The van der Waals surface area contributed by atoms with Crippen LogP contribution in [-0.4, -0.2) is 61.5 Å². The van der Waals surface area contributed by atoms with Crippen LogP contribution in [0.5, 0.6) is 0 Å². The predicted octanol–water partition coefficient (Wildman–Crippen LogP) is 1.93. The fraction of sp³-hybridized carbons (Fsp3) is 0.423. The molecule has 0 aliphatic carbocycles. The van der Waals surface area contributed by atoms with Gasteiger partial charge in [-0.25, -0.2) is 8.42 Å². The van der Waals surface area contributed by atoms with E-state index in [1.165, 1.54) is 4.31 Å². The van der Waals surface area contributed by atoms with Gasteiger partial charge < -0.3 is 26.3 Å². The lowest BCUT2D eigenvalue weighted by Gasteiger charge is -2.29. The van der Waals surface area contributed by atoms with Crippen LogP contribution in [0.3, 0.4) is 0 Å². The molecule has 1 amide bonds. The van der Waals surface area contributed by atoms with Crippen molar-refractivity contribution in [3.8, 4) is 0 Å². The number of anilines is 1. The van der Waals surface area contributed by atoms with Crippen molar-refractivity contribution in [3.63, 3.8) is 0 Å². The molecule has 0 radical (unpaired) electrons. The summed E-state index contributed by atoms with van der Waals surface area (Å²) in [7, 11) is -3.60. The molecule has 1 aromatic heterocycles. The number of carbonyl (C=O) groups is 1. The molecule has 2 fully saturated rings. The Morgan fingerprint density at radius 3 is 2.58 bits per heavy atom. The zero-order valence-electron chi connectivity index (χ0n) is 20.7. The van der Waals surface area contributed by atoms with Crippen LogP contribution < -0.4 is 21.7 Å². The fourth-order valence-corrected chi connectivity index (χ4v) is 6.35. The molecule has 3 aromatic rings. The SMILES string of the molecule is Cc1cn(C(C)C(=O)NCc2ccc(NC3CNC3)cc2)c2ccc(S(=O)(=O)N3CC[C@@H](N)C3)cc12. The Hall–Kier alpha value is -2.92. The lowest BCUT2D eigenvalue weighted by Crippen LogP contribution is -2.51. The van der Waals surface area contributed by atoms with Gasteiger partial charge in [-0.15, -0.1) is 0 Å². The van der Waals surface area contributed by atoms with E-state index in [0.29, 0.717) is 32.1 Å². The van der Waals surface area contributed by atoms with Gasteiger partial charge in [-0.2, -0.15) is 4.31 Å². The number of hydrogen-bond acceptors (Lipinski definition) is 6. The molecular formula is C26H34N6O3S. The molecule has 2 atom stereocenters. The standard InChI is InChI=1S/C26H34N6O3S/c1-17-15-32(25-8-7-23(11-24(17)25)36(34,35)31-10-9-20(27)16-31)18(2)26(33)29-12-19-3-5-21(6-4-19)30-22-13-28-14-22/h3-8,11,15,18,20,22,28,30H,9-10,12-14,16,27H2,1-2H3,(H,29,33)/t18?,20-/m1/s1. The second kappa shape index (κ2) is 9.85. The van der Waals surface area contributed by atoms with Crippen molar-refractivity contribution < 1.29 is 13.2 Å². The van der Waals surface area contributed by atoms with E-state index >= 15 is 0 Å². The highest BCUT2D eigenvalue weighted by atomic mass is 32.2. The van der Waals surface area contributed by atoms with Crippen LogP contribution >= 0.6 is 0 Å². The van der Waals surface area contributed by atoms with Crippen molar-refractivity contribution in [2.75, 3.05) is 31.5 Å². The van der Waals surface area contributed by atoms with Gasteiger partial charge in [-0.05, 0) is 61.7 Å². The van der Waals surface area contributed by atoms with Gasteiger partial charge in [-0.3, -0.25) is 4.79 Å². The van der Waals surface area contributed by atoms with Crippen molar-refractivity contribution in [1.82, 2.24) is 19.5 Å². The number of rotatable bonds is 8. The molecule has 1 unspecified atom stereocenters. The Bertz CT molecular complexity index is 1360. The second-order valence-corrected chi connectivity index (χ2v) is 11.8. The monoisotopic (exact) mass is 510 g/mol. The molecular weight excluding hydrogens is 476 g/mol. The van der Waals surface area contributed by atoms with Crippen LogP contribution in [0.25, 0.3) is 10.9 Å². The first kappa shape index (κ1) is 24.8. The van der Waals surface area contributed by atoms with Crippen molar-refractivity contribution in [1.29, 1.82) is 0 Å². The summed E-state index contributed by atoms with van der Waals surface area (Å²) in [5.41, 5.74) is 9.77. The van der Waals surface area contributed by atoms with Crippen LogP contribution in [0, 0.1) is 6.92 Å². The molecule has 0 bridgehead atoms. The molecule has 2 aliphatic heterocycles. The third-order valence-corrected chi connectivity index (χ3v) is 9.06. The molecule has 3 heterocycles. The molecule has 36 heavy (non-hydrogen) atoms.